The van der Waals surface area contributed by atoms with Crippen LogP contribution in [0.5, 0.6) is 0 Å². The number of piperidine rings is 1. The number of amides is 1. The fraction of sp³-hybridized carbons (Fsp3) is 0.875. The van der Waals surface area contributed by atoms with E-state index in [9.17, 15) is 9.18 Å². The smallest absolute Gasteiger partial charge is 0.407 e. The zero-order valence-electron chi connectivity index (χ0n) is 7.90. The van der Waals surface area contributed by atoms with Gasteiger partial charge in [0.1, 0.15) is 6.17 Å². The Labute approximate surface area is 76.9 Å². The molecule has 76 valence electrons. The van der Waals surface area contributed by atoms with Crippen LogP contribution in [-0.2, 0) is 0 Å². The van der Waals surface area contributed by atoms with E-state index in [2.05, 4.69) is 0 Å². The standard InChI is InChI=1S/C8H15FN2O2/c1-10(2)7-3-4-11(8(12)13)5-6(7)9/h6-7H,3-5H2,1-2H3,(H,12,13)/t6?,7-/m0/s1. The van der Waals surface area contributed by atoms with Crippen molar-refractivity contribution < 1.29 is 14.3 Å². The highest BCUT2D eigenvalue weighted by atomic mass is 19.1. The normalized spacial score (nSPS) is 29.4. The minimum Gasteiger partial charge on any atom is -0.465 e. The third-order valence-corrected chi connectivity index (χ3v) is 2.44. The van der Waals surface area contributed by atoms with E-state index in [0.29, 0.717) is 13.0 Å². The van der Waals surface area contributed by atoms with E-state index < -0.39 is 12.3 Å². The molecule has 1 rings (SSSR count). The van der Waals surface area contributed by atoms with Crippen molar-refractivity contribution in [3.8, 4) is 0 Å². The van der Waals surface area contributed by atoms with E-state index in [4.69, 9.17) is 5.11 Å². The Bertz CT molecular complexity index is 199. The van der Waals surface area contributed by atoms with Crippen molar-refractivity contribution in [3.05, 3.63) is 0 Å². The second-order valence-electron chi connectivity index (χ2n) is 3.56. The molecule has 0 aliphatic carbocycles. The lowest BCUT2D eigenvalue weighted by molar-refractivity contribution is 0.0562. The van der Waals surface area contributed by atoms with Gasteiger partial charge in [0.25, 0.3) is 0 Å². The van der Waals surface area contributed by atoms with E-state index >= 15 is 0 Å². The van der Waals surface area contributed by atoms with Crippen LogP contribution < -0.4 is 0 Å². The van der Waals surface area contributed by atoms with Crippen molar-refractivity contribution in [2.24, 2.45) is 0 Å². The largest absolute Gasteiger partial charge is 0.465 e. The molecule has 0 saturated carbocycles. The summed E-state index contributed by atoms with van der Waals surface area (Å²) >= 11 is 0. The van der Waals surface area contributed by atoms with E-state index in [0.717, 1.165) is 4.90 Å². The van der Waals surface area contributed by atoms with E-state index in [1.807, 2.05) is 19.0 Å². The SMILES string of the molecule is CN(C)[C@H]1CCN(C(=O)O)CC1F. The fourth-order valence-corrected chi connectivity index (χ4v) is 1.65. The van der Waals surface area contributed by atoms with Gasteiger partial charge in [-0.2, -0.15) is 0 Å². The zero-order valence-corrected chi connectivity index (χ0v) is 7.90. The van der Waals surface area contributed by atoms with Gasteiger partial charge < -0.3 is 14.9 Å². The van der Waals surface area contributed by atoms with E-state index in [-0.39, 0.29) is 12.6 Å². The summed E-state index contributed by atoms with van der Waals surface area (Å²) < 4.78 is 13.4. The van der Waals surface area contributed by atoms with Gasteiger partial charge in [-0.3, -0.25) is 0 Å². The predicted molar refractivity (Wildman–Crippen MR) is 46.6 cm³/mol. The Morgan fingerprint density at radius 1 is 1.62 bits per heavy atom. The molecule has 0 spiro atoms. The summed E-state index contributed by atoms with van der Waals surface area (Å²) in [6.45, 7) is 0.427. The second-order valence-corrected chi connectivity index (χ2v) is 3.56. The molecule has 2 atom stereocenters. The maximum atomic E-state index is 13.4. The molecule has 4 nitrogen and oxygen atoms in total. The Morgan fingerprint density at radius 2 is 2.23 bits per heavy atom. The first-order valence-corrected chi connectivity index (χ1v) is 4.30. The van der Waals surface area contributed by atoms with Crippen molar-refractivity contribution in [3.63, 3.8) is 0 Å². The van der Waals surface area contributed by atoms with Crippen LogP contribution in [0.4, 0.5) is 9.18 Å². The average Bonchev–Trinajstić information content (AvgIpc) is 2.03. The van der Waals surface area contributed by atoms with Crippen molar-refractivity contribution in [2.75, 3.05) is 27.2 Å². The van der Waals surface area contributed by atoms with Gasteiger partial charge in [-0.15, -0.1) is 0 Å². The number of hydrogen-bond acceptors (Lipinski definition) is 2. The lowest BCUT2D eigenvalue weighted by Crippen LogP contribution is -2.51. The minimum atomic E-state index is -1.07. The van der Waals surface area contributed by atoms with Gasteiger partial charge in [0.15, 0.2) is 0 Å². The second kappa shape index (κ2) is 3.91. The fourth-order valence-electron chi connectivity index (χ4n) is 1.65. The molecule has 0 aromatic carbocycles. The summed E-state index contributed by atoms with van der Waals surface area (Å²) in [7, 11) is 3.63. The zero-order chi connectivity index (χ0) is 10.0. The Hall–Kier alpha value is -0.840. The number of alkyl halides is 1. The first kappa shape index (κ1) is 10.2. The van der Waals surface area contributed by atoms with Crippen LogP contribution >= 0.6 is 0 Å². The molecule has 1 heterocycles. The molecule has 1 aliphatic heterocycles. The average molecular weight is 190 g/mol. The summed E-state index contributed by atoms with van der Waals surface area (Å²) in [4.78, 5) is 13.5. The molecule has 0 aromatic rings. The van der Waals surface area contributed by atoms with Gasteiger partial charge in [-0.25, -0.2) is 9.18 Å². The van der Waals surface area contributed by atoms with Gasteiger partial charge >= 0.3 is 6.09 Å². The van der Waals surface area contributed by atoms with Gasteiger partial charge in [0, 0.05) is 12.6 Å². The highest BCUT2D eigenvalue weighted by Gasteiger charge is 2.32. The Morgan fingerprint density at radius 3 is 2.62 bits per heavy atom. The molecule has 1 unspecified atom stereocenters. The van der Waals surface area contributed by atoms with Crippen LogP contribution in [0, 0.1) is 0 Å². The van der Waals surface area contributed by atoms with Crippen LogP contribution in [0.2, 0.25) is 0 Å². The minimum absolute atomic E-state index is 0.00181. The topological polar surface area (TPSA) is 43.8 Å². The maximum Gasteiger partial charge on any atom is 0.407 e. The maximum absolute atomic E-state index is 13.4. The molecule has 0 bridgehead atoms. The molecule has 0 radical (unpaired) electrons. The molecule has 13 heavy (non-hydrogen) atoms. The molecular formula is C8H15FN2O2. The van der Waals surface area contributed by atoms with Crippen LogP contribution in [0.3, 0.4) is 0 Å². The molecule has 1 fully saturated rings. The van der Waals surface area contributed by atoms with Gasteiger partial charge in [0.2, 0.25) is 0 Å². The third kappa shape index (κ3) is 2.30. The van der Waals surface area contributed by atoms with Crippen LogP contribution in [0.25, 0.3) is 0 Å². The van der Waals surface area contributed by atoms with Crippen molar-refractivity contribution >= 4 is 6.09 Å². The lowest BCUT2D eigenvalue weighted by Gasteiger charge is -2.36. The summed E-state index contributed by atoms with van der Waals surface area (Å²) in [6.07, 6.45) is -1.53. The molecule has 1 saturated heterocycles. The number of hydrogen-bond donors (Lipinski definition) is 1. The van der Waals surface area contributed by atoms with Crippen LogP contribution in [0.15, 0.2) is 0 Å². The molecule has 1 amide bonds. The summed E-state index contributed by atoms with van der Waals surface area (Å²) in [5.74, 6) is 0. The van der Waals surface area contributed by atoms with Gasteiger partial charge in [-0.1, -0.05) is 0 Å². The lowest BCUT2D eigenvalue weighted by atomic mass is 10.0. The summed E-state index contributed by atoms with van der Waals surface area (Å²) in [5.41, 5.74) is 0. The van der Waals surface area contributed by atoms with E-state index in [1.54, 1.807) is 0 Å². The first-order valence-electron chi connectivity index (χ1n) is 4.30. The van der Waals surface area contributed by atoms with E-state index in [1.165, 1.54) is 0 Å². The monoisotopic (exact) mass is 190 g/mol. The summed E-state index contributed by atoms with van der Waals surface area (Å²) in [5, 5.41) is 8.63. The molecule has 5 heteroatoms. The van der Waals surface area contributed by atoms with Crippen LogP contribution in [-0.4, -0.2) is 60.4 Å². The highest BCUT2D eigenvalue weighted by molar-refractivity contribution is 5.65. The van der Waals surface area contributed by atoms with Gasteiger partial charge in [-0.05, 0) is 20.5 Å². The highest BCUT2D eigenvalue weighted by Crippen LogP contribution is 2.17. The van der Waals surface area contributed by atoms with Crippen molar-refractivity contribution in [2.45, 2.75) is 18.6 Å². The number of rotatable bonds is 1. The number of halogens is 1. The Balaban J connectivity index is 2.51. The molecule has 1 aliphatic rings. The van der Waals surface area contributed by atoms with Crippen molar-refractivity contribution in [1.29, 1.82) is 0 Å². The van der Waals surface area contributed by atoms with Crippen molar-refractivity contribution in [1.82, 2.24) is 9.80 Å². The molecule has 0 aromatic heterocycles. The quantitative estimate of drug-likeness (QED) is 0.659. The Kier molecular flexibility index (Phi) is 3.08. The molecule has 1 N–H and O–H groups in total. The number of likely N-dealkylation sites (tertiary alicyclic amines) is 1. The predicted octanol–water partition coefficient (Wildman–Crippen LogP) is 0.638. The third-order valence-electron chi connectivity index (χ3n) is 2.44. The van der Waals surface area contributed by atoms with Gasteiger partial charge in [0.05, 0.1) is 6.54 Å². The molecular weight excluding hydrogens is 175 g/mol. The first-order chi connectivity index (χ1) is 6.02. The number of nitrogens with zero attached hydrogens (tertiary/aromatic N) is 2. The summed E-state index contributed by atoms with van der Waals surface area (Å²) in [6, 6.07) is -0.143. The van der Waals surface area contributed by atoms with Crippen LogP contribution in [0.1, 0.15) is 6.42 Å². The number of carbonyl (C=O) groups is 1. The number of carboxylic acid groups (broad SMARTS) is 1.